The Balaban J connectivity index is 2.95. The first kappa shape index (κ1) is 8.79. The predicted octanol–water partition coefficient (Wildman–Crippen LogP) is 0.694. The Morgan fingerprint density at radius 3 is 2.83 bits per heavy atom. The van der Waals surface area contributed by atoms with Gasteiger partial charge in [-0.3, -0.25) is 0 Å². The summed E-state index contributed by atoms with van der Waals surface area (Å²) in [5.74, 6) is 2.45. The van der Waals surface area contributed by atoms with Crippen LogP contribution in [0.5, 0.6) is 0 Å². The molecule has 12 heavy (non-hydrogen) atoms. The van der Waals surface area contributed by atoms with Crippen LogP contribution in [0.25, 0.3) is 0 Å². The molecule has 0 radical (unpaired) electrons. The molecule has 1 aromatic carbocycles. The van der Waals surface area contributed by atoms with Gasteiger partial charge in [-0.2, -0.15) is 0 Å². The van der Waals surface area contributed by atoms with E-state index in [4.69, 9.17) is 11.5 Å². The van der Waals surface area contributed by atoms with Crippen LogP contribution in [0.1, 0.15) is 17.2 Å². The summed E-state index contributed by atoms with van der Waals surface area (Å²) in [4.78, 5) is 0. The van der Waals surface area contributed by atoms with Gasteiger partial charge in [-0.1, -0.05) is 18.1 Å². The Morgan fingerprint density at radius 2 is 2.25 bits per heavy atom. The van der Waals surface area contributed by atoms with Gasteiger partial charge in [0.1, 0.15) is 6.10 Å². The molecule has 0 spiro atoms. The zero-order valence-corrected chi connectivity index (χ0v) is 6.57. The number of benzene rings is 1. The quantitative estimate of drug-likeness (QED) is 0.628. The van der Waals surface area contributed by atoms with E-state index in [2.05, 4.69) is 5.92 Å². The number of hydrogen-bond acceptors (Lipinski definition) is 2. The Labute approximate surface area is 71.5 Å². The molecule has 0 heterocycles. The van der Waals surface area contributed by atoms with Crippen molar-refractivity contribution < 1.29 is 10.2 Å². The summed E-state index contributed by atoms with van der Waals surface area (Å²) in [5, 5.41) is 17.9. The molecular formula is C10H10O2. The van der Waals surface area contributed by atoms with E-state index >= 15 is 0 Å². The molecule has 0 aliphatic heterocycles. The minimum atomic E-state index is -0.835. The number of hydrogen-bond donors (Lipinski definition) is 2. The van der Waals surface area contributed by atoms with Crippen LogP contribution in [0.2, 0.25) is 0 Å². The Hall–Kier alpha value is -1.30. The van der Waals surface area contributed by atoms with Crippen molar-refractivity contribution in [2.45, 2.75) is 6.10 Å². The van der Waals surface area contributed by atoms with E-state index < -0.39 is 6.10 Å². The van der Waals surface area contributed by atoms with Crippen LogP contribution >= 0.6 is 0 Å². The SMILES string of the molecule is C#Cc1cccc(C(O)CO)c1. The third-order valence-electron chi connectivity index (χ3n) is 1.61. The van der Waals surface area contributed by atoms with Gasteiger partial charge in [-0.25, -0.2) is 0 Å². The van der Waals surface area contributed by atoms with Crippen LogP contribution in [-0.4, -0.2) is 16.8 Å². The highest BCUT2D eigenvalue weighted by atomic mass is 16.3. The molecule has 1 unspecified atom stereocenters. The van der Waals surface area contributed by atoms with Crippen molar-refractivity contribution in [3.8, 4) is 12.3 Å². The van der Waals surface area contributed by atoms with E-state index in [1.165, 1.54) is 0 Å². The van der Waals surface area contributed by atoms with Gasteiger partial charge < -0.3 is 10.2 Å². The van der Waals surface area contributed by atoms with E-state index in [1.54, 1.807) is 24.3 Å². The minimum Gasteiger partial charge on any atom is -0.393 e. The largest absolute Gasteiger partial charge is 0.393 e. The average Bonchev–Trinajstić information content (AvgIpc) is 2.17. The second kappa shape index (κ2) is 3.91. The van der Waals surface area contributed by atoms with Crippen LogP contribution in [0.15, 0.2) is 24.3 Å². The summed E-state index contributed by atoms with van der Waals surface area (Å²) in [6, 6.07) is 6.93. The van der Waals surface area contributed by atoms with Gasteiger partial charge in [0.05, 0.1) is 6.61 Å². The molecule has 1 aromatic rings. The van der Waals surface area contributed by atoms with E-state index in [0.29, 0.717) is 11.1 Å². The first-order chi connectivity index (χ1) is 5.77. The van der Waals surface area contributed by atoms with Gasteiger partial charge in [0.2, 0.25) is 0 Å². The lowest BCUT2D eigenvalue weighted by Crippen LogP contribution is -2.02. The third kappa shape index (κ3) is 1.85. The molecule has 0 bridgehead atoms. The monoisotopic (exact) mass is 162 g/mol. The fourth-order valence-corrected chi connectivity index (χ4v) is 0.941. The summed E-state index contributed by atoms with van der Waals surface area (Å²) < 4.78 is 0. The van der Waals surface area contributed by atoms with Crippen molar-refractivity contribution in [3.63, 3.8) is 0 Å². The molecule has 0 amide bonds. The van der Waals surface area contributed by atoms with Crippen molar-refractivity contribution in [1.82, 2.24) is 0 Å². The summed E-state index contributed by atoms with van der Waals surface area (Å²) in [7, 11) is 0. The molecule has 1 atom stereocenters. The van der Waals surface area contributed by atoms with Crippen molar-refractivity contribution in [3.05, 3.63) is 35.4 Å². The van der Waals surface area contributed by atoms with Crippen LogP contribution in [-0.2, 0) is 0 Å². The lowest BCUT2D eigenvalue weighted by molar-refractivity contribution is 0.0956. The Bertz CT molecular complexity index is 299. The molecule has 2 N–H and O–H groups in total. The van der Waals surface area contributed by atoms with Gasteiger partial charge in [0.15, 0.2) is 0 Å². The number of aliphatic hydroxyl groups excluding tert-OH is 2. The zero-order valence-electron chi connectivity index (χ0n) is 6.57. The number of aliphatic hydroxyl groups is 2. The lowest BCUT2D eigenvalue weighted by atomic mass is 10.1. The topological polar surface area (TPSA) is 40.5 Å². The smallest absolute Gasteiger partial charge is 0.102 e. The average molecular weight is 162 g/mol. The van der Waals surface area contributed by atoms with E-state index in [-0.39, 0.29) is 6.61 Å². The second-order valence-electron chi connectivity index (χ2n) is 2.47. The molecule has 0 aliphatic rings. The molecule has 0 aliphatic carbocycles. The van der Waals surface area contributed by atoms with Gasteiger partial charge >= 0.3 is 0 Å². The van der Waals surface area contributed by atoms with Gasteiger partial charge in [0.25, 0.3) is 0 Å². The molecule has 0 saturated carbocycles. The highest BCUT2D eigenvalue weighted by Gasteiger charge is 2.04. The summed E-state index contributed by atoms with van der Waals surface area (Å²) >= 11 is 0. The number of terminal acetylenes is 1. The molecule has 2 heteroatoms. The van der Waals surface area contributed by atoms with Crippen molar-refractivity contribution >= 4 is 0 Å². The molecule has 1 rings (SSSR count). The fraction of sp³-hybridized carbons (Fsp3) is 0.200. The second-order valence-corrected chi connectivity index (χ2v) is 2.47. The highest BCUT2D eigenvalue weighted by molar-refractivity contribution is 5.36. The molecule has 2 nitrogen and oxygen atoms in total. The van der Waals surface area contributed by atoms with Gasteiger partial charge in [-0.05, 0) is 17.7 Å². The fourth-order valence-electron chi connectivity index (χ4n) is 0.941. The Kier molecular flexibility index (Phi) is 2.87. The Morgan fingerprint density at radius 1 is 1.50 bits per heavy atom. The van der Waals surface area contributed by atoms with Crippen molar-refractivity contribution in [2.24, 2.45) is 0 Å². The van der Waals surface area contributed by atoms with Crippen molar-refractivity contribution in [2.75, 3.05) is 6.61 Å². The first-order valence-corrected chi connectivity index (χ1v) is 3.63. The first-order valence-electron chi connectivity index (χ1n) is 3.63. The zero-order chi connectivity index (χ0) is 8.97. The maximum absolute atomic E-state index is 9.23. The number of rotatable bonds is 2. The summed E-state index contributed by atoms with van der Waals surface area (Å²) in [5.41, 5.74) is 1.35. The highest BCUT2D eigenvalue weighted by Crippen LogP contribution is 2.12. The standard InChI is InChI=1S/C10H10O2/c1-2-8-4-3-5-9(6-8)10(12)7-11/h1,3-6,10-12H,7H2. The third-order valence-corrected chi connectivity index (χ3v) is 1.61. The van der Waals surface area contributed by atoms with Gasteiger partial charge in [-0.15, -0.1) is 6.42 Å². The van der Waals surface area contributed by atoms with E-state index in [1.807, 2.05) is 0 Å². The summed E-state index contributed by atoms with van der Waals surface area (Å²) in [6.07, 6.45) is 4.33. The molecule has 0 aromatic heterocycles. The maximum Gasteiger partial charge on any atom is 0.102 e. The van der Waals surface area contributed by atoms with E-state index in [9.17, 15) is 5.11 Å². The van der Waals surface area contributed by atoms with E-state index in [0.717, 1.165) is 0 Å². The van der Waals surface area contributed by atoms with Crippen LogP contribution < -0.4 is 0 Å². The maximum atomic E-state index is 9.23. The van der Waals surface area contributed by atoms with Crippen LogP contribution in [0.4, 0.5) is 0 Å². The molecule has 0 saturated heterocycles. The molecule has 0 fully saturated rings. The summed E-state index contributed by atoms with van der Waals surface area (Å²) in [6.45, 7) is -0.284. The minimum absolute atomic E-state index is 0.284. The lowest BCUT2D eigenvalue weighted by Gasteiger charge is -2.06. The normalized spacial score (nSPS) is 12.1. The van der Waals surface area contributed by atoms with Crippen LogP contribution in [0, 0.1) is 12.3 Å². The predicted molar refractivity (Wildman–Crippen MR) is 46.4 cm³/mol. The van der Waals surface area contributed by atoms with Gasteiger partial charge in [0, 0.05) is 5.56 Å². The van der Waals surface area contributed by atoms with Crippen LogP contribution in [0.3, 0.4) is 0 Å². The molecule has 62 valence electrons. The van der Waals surface area contributed by atoms with Crippen molar-refractivity contribution in [1.29, 1.82) is 0 Å². The molecular weight excluding hydrogens is 152 g/mol.